The predicted octanol–water partition coefficient (Wildman–Crippen LogP) is 10.6. The van der Waals surface area contributed by atoms with E-state index in [1.54, 1.807) is 192 Å². The number of carboxylic acids is 1. The van der Waals surface area contributed by atoms with Crippen LogP contribution in [0.3, 0.4) is 0 Å². The normalized spacial score (nSPS) is 15.3. The highest BCUT2D eigenvalue weighted by Crippen LogP contribution is 2.38. The lowest BCUT2D eigenvalue weighted by molar-refractivity contribution is -0.121. The number of anilines is 4. The number of pyridine rings is 6. The van der Waals surface area contributed by atoms with Crippen LogP contribution >= 0.6 is 28.3 Å². The molecule has 129 heavy (non-hydrogen) atoms. The van der Waals surface area contributed by atoms with Gasteiger partial charge in [-0.05, 0) is 174 Å². The van der Waals surface area contributed by atoms with E-state index in [2.05, 4.69) is 103 Å². The monoisotopic (exact) mass is 1860 g/mol. The predicted molar refractivity (Wildman–Crippen MR) is 490 cm³/mol. The first kappa shape index (κ1) is 108. The molecule has 6 aromatic heterocycles. The average Bonchev–Trinajstić information content (AvgIpc) is 1.72. The molecule has 0 spiro atoms. The molecule has 10 N–H and O–H groups in total. The number of para-hydroxylation sites is 2. The molecule has 688 valence electrons. The first-order chi connectivity index (χ1) is 58.9. The fourth-order valence-electron chi connectivity index (χ4n) is 10.4. The van der Waals surface area contributed by atoms with E-state index in [0.717, 1.165) is 0 Å². The van der Waals surface area contributed by atoms with Crippen LogP contribution in [-0.2, 0) is 28.7 Å². The van der Waals surface area contributed by atoms with E-state index in [0.29, 0.717) is 78.8 Å². The van der Waals surface area contributed by atoms with Gasteiger partial charge in [0.25, 0.3) is 23.6 Å². The summed E-state index contributed by atoms with van der Waals surface area (Å²) < 4.78 is 45.1. The van der Waals surface area contributed by atoms with E-state index < -0.39 is 87.7 Å². The van der Waals surface area contributed by atoms with Crippen LogP contribution in [0.15, 0.2) is 151 Å². The van der Waals surface area contributed by atoms with Crippen LogP contribution in [0.2, 0.25) is 0 Å². The molecule has 12 rings (SSSR count). The quantitative estimate of drug-likeness (QED) is 0.0606. The number of carbonyl (C=O) groups excluding carboxylic acids is 7. The average molecular weight is 1860 g/mol. The van der Waals surface area contributed by atoms with Crippen molar-refractivity contribution in [3.05, 3.63) is 179 Å². The zero-order valence-corrected chi connectivity index (χ0v) is 75.6. The van der Waals surface area contributed by atoms with Crippen LogP contribution < -0.4 is 69.7 Å². The number of ether oxygens (including phenoxy) is 8. The van der Waals surface area contributed by atoms with Crippen LogP contribution in [0.5, 0.6) is 46.0 Å². The van der Waals surface area contributed by atoms with Crippen molar-refractivity contribution in [3.8, 4) is 93.9 Å². The number of rotatable bonds is 9. The zero-order valence-electron chi connectivity index (χ0n) is 73.2. The minimum Gasteiger partial charge on any atom is -0.486 e. The van der Waals surface area contributed by atoms with Crippen molar-refractivity contribution >= 4 is 99.3 Å². The lowest BCUT2D eigenvalue weighted by Crippen LogP contribution is -2.50. The van der Waals surface area contributed by atoms with Crippen LogP contribution in [0, 0.1) is 47.9 Å². The molecule has 4 aliphatic rings. The second-order valence-electron chi connectivity index (χ2n) is 31.9. The van der Waals surface area contributed by atoms with E-state index >= 15 is 0 Å². The highest BCUT2D eigenvalue weighted by Gasteiger charge is 2.38. The van der Waals surface area contributed by atoms with Gasteiger partial charge in [-0.25, -0.2) is 39.3 Å². The highest BCUT2D eigenvalue weighted by atomic mass is 79.9. The van der Waals surface area contributed by atoms with Crippen LogP contribution in [0.25, 0.3) is 0 Å². The molecule has 4 atom stereocenters. The first-order valence-corrected chi connectivity index (χ1v) is 39.5. The zero-order chi connectivity index (χ0) is 93.4. The third-order valence-corrected chi connectivity index (χ3v) is 16.9. The Balaban J connectivity index is 0.000000337. The lowest BCUT2D eigenvalue weighted by Gasteiger charge is -2.23. The van der Waals surface area contributed by atoms with E-state index in [1.807, 2.05) is 36.4 Å². The Morgan fingerprint density at radius 2 is 0.744 bits per heavy atom. The number of terminal acetylenes is 1. The fraction of sp³-hybridized carbons (Fsp3) is 0.370. The molecule has 7 amide bonds. The molecule has 37 heteroatoms. The summed E-state index contributed by atoms with van der Waals surface area (Å²) in [5.74, 6) is 20.9. The number of likely N-dealkylation sites (N-methyl/N-ethyl adjacent to an activating group) is 4. The highest BCUT2D eigenvalue weighted by molar-refractivity contribution is 9.10. The van der Waals surface area contributed by atoms with E-state index in [1.165, 1.54) is 62.7 Å². The number of nitrogens with one attached hydrogen (secondary N) is 3. The molecule has 0 radical (unpaired) electrons. The molecule has 0 saturated heterocycles. The van der Waals surface area contributed by atoms with Crippen LogP contribution in [0.4, 0.5) is 32.9 Å². The van der Waals surface area contributed by atoms with Gasteiger partial charge in [0, 0.05) is 77.5 Å². The number of carboxylic acid groups (broad SMARTS) is 1. The molecular formula is C92H110BrClN14O21. The summed E-state index contributed by atoms with van der Waals surface area (Å²) >= 11 is 3.36. The number of nitrogens with two attached hydrogens (primary N) is 1. The standard InChI is InChI=1S/C26H24N4O5.C19H25N3O5.C14H18BrN3O4.C14H17N3O3.C12H9NO3.C5H8O.2CH4.ClH/c1-26(2,33)12-9-17-10-13-28-23-22(17)34-16-21(25(32)30(23)3)29-24(31)20-15-19(11-14-27-20)35-18-7-5-4-6-8-18;1-18(2,3)27-17(24)21-13-11-26-14-12(7-9-19(4,5)25)8-10-20-15(14)22(6)16(13)23;1-14(2,3)22-13(20)17-9-7-21-10-8(15)5-6-16-11(10)18(4)12(9)19;1-14(2,19)6-4-9-5-7-16-12-11(9)20-8-10(15)13(18)17(12)3;14-12(15)11-8-10(6-7-13-11)16-9-4-2-1-3-5-9;1-4-5(2,3)6;;;/h4-8,10-11,13-15,21,33H,16H2,1-3H3,(H,29,31);8,10,13,25H,11H2,1-6H3,(H,21,24);5-6,9H,7H2,1-4H3,(H,17,20);5,7,10,19H,8,15H2,1-3H3;1-8H,(H,14,15);1,6H,2-3H3;2*1H4;1H/t21-;13-;9-;10-;;;;;/m0000...../s1. The molecule has 0 unspecified atom stereocenters. The Bertz CT molecular complexity index is 5500. The Kier molecular flexibility index (Phi) is 39.4. The second-order valence-corrected chi connectivity index (χ2v) is 32.7. The number of amides is 7. The minimum absolute atomic E-state index is 0. The largest absolute Gasteiger partial charge is 0.486 e. The lowest BCUT2D eigenvalue weighted by atomic mass is 10.1. The fourth-order valence-corrected chi connectivity index (χ4v) is 10.8. The van der Waals surface area contributed by atoms with Gasteiger partial charge in [-0.3, -0.25) is 48.6 Å². The van der Waals surface area contributed by atoms with Gasteiger partial charge in [-0.2, -0.15) is 0 Å². The maximum absolute atomic E-state index is 13.1. The number of carbonyl (C=O) groups is 8. The van der Waals surface area contributed by atoms with Gasteiger partial charge in [-0.1, -0.05) is 92.7 Å². The molecule has 0 saturated carbocycles. The van der Waals surface area contributed by atoms with Crippen molar-refractivity contribution in [3.63, 3.8) is 0 Å². The third kappa shape index (κ3) is 34.2. The third-order valence-electron chi connectivity index (χ3n) is 16.3. The van der Waals surface area contributed by atoms with Gasteiger partial charge in [0.2, 0.25) is 5.91 Å². The summed E-state index contributed by atoms with van der Waals surface area (Å²) in [6.07, 6.45) is 12.4. The summed E-state index contributed by atoms with van der Waals surface area (Å²) in [5, 5.41) is 54.5. The Hall–Kier alpha value is -13.7. The number of fused-ring (bicyclic) bond motifs is 4. The minimum atomic E-state index is -1.20. The van der Waals surface area contributed by atoms with Gasteiger partial charge >= 0.3 is 18.2 Å². The number of nitrogens with zero attached hydrogens (tertiary/aromatic N) is 10. The molecular weight excluding hydrogens is 1750 g/mol. The molecule has 4 aliphatic heterocycles. The van der Waals surface area contributed by atoms with Crippen LogP contribution in [0.1, 0.15) is 149 Å². The molecule has 35 nitrogen and oxygen atoms in total. The topological polar surface area (TPSA) is 464 Å². The van der Waals surface area contributed by atoms with E-state index in [9.17, 15) is 53.7 Å². The summed E-state index contributed by atoms with van der Waals surface area (Å²) in [5.41, 5.74) is 1.54. The summed E-state index contributed by atoms with van der Waals surface area (Å²) in [7, 11) is 6.26. The van der Waals surface area contributed by atoms with Crippen molar-refractivity contribution in [2.45, 2.75) is 170 Å². The SMILES string of the molecule is C.C.C#CC(C)(C)O.CN1C(=O)[C@@H](N)COc2c(C#CC(C)(C)O)ccnc21.CN1C(=O)[C@@H](NC(=O)OC(C)(C)C)COc2c(Br)ccnc21.CN1C(=O)[C@@H](NC(=O)OC(C)(C)C)COc2c(C#CC(C)(C)O)ccnc21.CN1C(=O)[C@@H](NC(=O)c2cc(Oc3ccccc3)ccn2)COc2c(C#CC(C)(C)O)ccnc21.Cl.O=C(O)c1cc(Oc2ccccc2)ccn1. The molecule has 0 bridgehead atoms. The summed E-state index contributed by atoms with van der Waals surface area (Å²) in [4.78, 5) is 128. The second kappa shape index (κ2) is 47.2. The Morgan fingerprint density at radius 1 is 0.442 bits per heavy atom. The number of hydrogen-bond acceptors (Lipinski definition) is 27. The number of benzene rings is 2. The van der Waals surface area contributed by atoms with Gasteiger partial charge < -0.3 is 85.1 Å². The molecule has 8 aromatic rings. The molecule has 0 aliphatic carbocycles. The summed E-state index contributed by atoms with van der Waals surface area (Å²) in [6.45, 7) is 22.9. The van der Waals surface area contributed by atoms with Crippen molar-refractivity contribution in [2.24, 2.45) is 5.73 Å². The molecule has 0 fully saturated rings. The van der Waals surface area contributed by atoms with Crippen molar-refractivity contribution in [1.82, 2.24) is 45.9 Å². The number of aliphatic hydroxyl groups is 4. The smallest absolute Gasteiger partial charge is 0.408 e. The van der Waals surface area contributed by atoms with Gasteiger partial charge in [0.1, 0.15) is 113 Å². The number of halogens is 2. The number of aromatic nitrogens is 6. The maximum atomic E-state index is 13.1. The van der Waals surface area contributed by atoms with Gasteiger partial charge in [0.15, 0.2) is 52.0 Å². The van der Waals surface area contributed by atoms with Gasteiger partial charge in [-0.15, -0.1) is 18.8 Å². The Labute approximate surface area is 765 Å². The maximum Gasteiger partial charge on any atom is 0.408 e. The van der Waals surface area contributed by atoms with Gasteiger partial charge in [0.05, 0.1) is 21.2 Å². The number of alkyl carbamates (subject to hydrolysis) is 2. The van der Waals surface area contributed by atoms with Crippen LogP contribution in [-0.4, -0.2) is 216 Å². The van der Waals surface area contributed by atoms with Crippen molar-refractivity contribution in [1.29, 1.82) is 0 Å². The van der Waals surface area contributed by atoms with E-state index in [-0.39, 0.29) is 94.4 Å². The number of aromatic carboxylic acids is 1. The summed E-state index contributed by atoms with van der Waals surface area (Å²) in [6, 6.07) is 27.6. The Morgan fingerprint density at radius 3 is 1.09 bits per heavy atom. The van der Waals surface area contributed by atoms with E-state index in [4.69, 9.17) is 60.3 Å². The number of hydrogen-bond donors (Lipinski definition) is 9. The molecule has 2 aromatic carbocycles. The van der Waals surface area contributed by atoms with Crippen molar-refractivity contribution < 1.29 is 102 Å². The van der Waals surface area contributed by atoms with Crippen molar-refractivity contribution in [2.75, 3.05) is 74.2 Å². The first-order valence-electron chi connectivity index (χ1n) is 38.7. The molecule has 10 heterocycles.